The molecule has 0 saturated heterocycles. The summed E-state index contributed by atoms with van der Waals surface area (Å²) in [5.41, 5.74) is 0.944. The number of ether oxygens (including phenoxy) is 2. The molecule has 2 rings (SSSR count). The van der Waals surface area contributed by atoms with E-state index >= 15 is 0 Å². The van der Waals surface area contributed by atoms with E-state index in [1.807, 2.05) is 0 Å². The molecule has 0 radical (unpaired) electrons. The van der Waals surface area contributed by atoms with E-state index in [2.05, 4.69) is 10.3 Å². The number of anilines is 1. The van der Waals surface area contributed by atoms with Crippen molar-refractivity contribution in [1.82, 2.24) is 4.98 Å². The Morgan fingerprint density at radius 2 is 1.85 bits per heavy atom. The third kappa shape index (κ3) is 4.66. The second-order valence-corrected chi connectivity index (χ2v) is 5.46. The average molecular weight is 376 g/mol. The van der Waals surface area contributed by atoms with Crippen molar-refractivity contribution in [3.63, 3.8) is 0 Å². The molecule has 0 saturated carbocycles. The van der Waals surface area contributed by atoms with Gasteiger partial charge in [0, 0.05) is 24.7 Å². The van der Waals surface area contributed by atoms with Crippen LogP contribution in [0.2, 0.25) is 0 Å². The third-order valence-electron chi connectivity index (χ3n) is 3.51. The summed E-state index contributed by atoms with van der Waals surface area (Å²) in [4.78, 5) is 36.6. The first kappa shape index (κ1) is 19.6. The average Bonchev–Trinajstić information content (AvgIpc) is 2.61. The lowest BCUT2D eigenvalue weighted by molar-refractivity contribution is -0.390. The fourth-order valence-corrected chi connectivity index (χ4v) is 2.22. The van der Waals surface area contributed by atoms with Gasteiger partial charge in [0.1, 0.15) is 5.69 Å². The van der Waals surface area contributed by atoms with Crippen LogP contribution in [0.4, 0.5) is 17.2 Å². The first-order chi connectivity index (χ1) is 12.7. The van der Waals surface area contributed by atoms with Gasteiger partial charge in [0.25, 0.3) is 5.91 Å². The third-order valence-corrected chi connectivity index (χ3v) is 3.51. The van der Waals surface area contributed by atoms with Crippen molar-refractivity contribution in [2.75, 3.05) is 19.0 Å². The lowest BCUT2D eigenvalue weighted by Gasteiger charge is -2.11. The molecule has 0 aliphatic carbocycles. The van der Waals surface area contributed by atoms with Crippen LogP contribution in [-0.2, 0) is 4.79 Å². The second-order valence-electron chi connectivity index (χ2n) is 5.46. The molecular formula is C16H16N4O7. The van der Waals surface area contributed by atoms with Gasteiger partial charge in [0.15, 0.2) is 12.4 Å². The van der Waals surface area contributed by atoms with E-state index < -0.39 is 28.2 Å². The number of aryl methyl sites for hydroxylation is 2. The number of amides is 1. The van der Waals surface area contributed by atoms with Crippen LogP contribution in [0, 0.1) is 34.1 Å². The molecule has 1 aromatic carbocycles. The van der Waals surface area contributed by atoms with Gasteiger partial charge in [-0.1, -0.05) is 0 Å². The maximum Gasteiger partial charge on any atom is 0.406 e. The summed E-state index contributed by atoms with van der Waals surface area (Å²) in [6, 6.07) is 5.46. The minimum Gasteiger partial charge on any atom is -0.490 e. The number of benzene rings is 1. The highest BCUT2D eigenvalue weighted by Gasteiger charge is 2.20. The van der Waals surface area contributed by atoms with Crippen LogP contribution in [0.3, 0.4) is 0 Å². The van der Waals surface area contributed by atoms with Gasteiger partial charge in [0.2, 0.25) is 5.75 Å². The minimum atomic E-state index is -0.703. The summed E-state index contributed by atoms with van der Waals surface area (Å²) in [5, 5.41) is 24.5. The Hall–Kier alpha value is -3.76. The molecule has 0 fully saturated rings. The van der Waals surface area contributed by atoms with E-state index in [1.54, 1.807) is 13.8 Å². The lowest BCUT2D eigenvalue weighted by Crippen LogP contribution is -2.21. The number of hydrogen-bond acceptors (Lipinski definition) is 8. The molecule has 11 nitrogen and oxygen atoms in total. The Balaban J connectivity index is 2.13. The summed E-state index contributed by atoms with van der Waals surface area (Å²) in [7, 11) is 1.27. The zero-order valence-electron chi connectivity index (χ0n) is 14.7. The van der Waals surface area contributed by atoms with E-state index in [0.717, 1.165) is 0 Å². The monoisotopic (exact) mass is 376 g/mol. The molecule has 0 atom stereocenters. The van der Waals surface area contributed by atoms with E-state index in [1.165, 1.54) is 31.4 Å². The SMILES string of the molecule is COc1cc(NC(=O)COc2ccc(C)nc2[N+](=O)[O-])c(C)cc1[N+](=O)[O-]. The summed E-state index contributed by atoms with van der Waals surface area (Å²) in [6.07, 6.45) is 0. The predicted octanol–water partition coefficient (Wildman–Crippen LogP) is 2.54. The Kier molecular flexibility index (Phi) is 5.85. The first-order valence-corrected chi connectivity index (χ1v) is 7.60. The molecule has 142 valence electrons. The number of methoxy groups -OCH3 is 1. The number of nitrogens with one attached hydrogen (secondary N) is 1. The Labute approximate surface area is 153 Å². The number of nitro groups is 2. The molecule has 0 spiro atoms. The molecule has 2 aromatic rings. The van der Waals surface area contributed by atoms with E-state index in [4.69, 9.17) is 9.47 Å². The first-order valence-electron chi connectivity index (χ1n) is 7.60. The molecular weight excluding hydrogens is 360 g/mol. The second kappa shape index (κ2) is 8.08. The highest BCUT2D eigenvalue weighted by molar-refractivity contribution is 5.93. The zero-order chi connectivity index (χ0) is 20.1. The van der Waals surface area contributed by atoms with Gasteiger partial charge >= 0.3 is 11.5 Å². The molecule has 0 unspecified atom stereocenters. The van der Waals surface area contributed by atoms with Gasteiger partial charge < -0.3 is 24.9 Å². The fourth-order valence-electron chi connectivity index (χ4n) is 2.22. The molecule has 1 N–H and O–H groups in total. The Bertz CT molecular complexity index is 914. The minimum absolute atomic E-state index is 0.0137. The largest absolute Gasteiger partial charge is 0.490 e. The van der Waals surface area contributed by atoms with Crippen LogP contribution >= 0.6 is 0 Å². The molecule has 1 heterocycles. The molecule has 0 bridgehead atoms. The Morgan fingerprint density at radius 1 is 1.15 bits per heavy atom. The summed E-state index contributed by atoms with van der Waals surface area (Å²) >= 11 is 0. The van der Waals surface area contributed by atoms with E-state index in [-0.39, 0.29) is 17.2 Å². The fraction of sp³-hybridized carbons (Fsp3) is 0.250. The Morgan fingerprint density at radius 3 is 2.44 bits per heavy atom. The van der Waals surface area contributed by atoms with Crippen LogP contribution in [0.1, 0.15) is 11.3 Å². The number of hydrogen-bond donors (Lipinski definition) is 1. The predicted molar refractivity (Wildman–Crippen MR) is 94.1 cm³/mol. The van der Waals surface area contributed by atoms with Gasteiger partial charge in [-0.15, -0.1) is 0 Å². The lowest BCUT2D eigenvalue weighted by atomic mass is 10.1. The molecule has 1 amide bonds. The smallest absolute Gasteiger partial charge is 0.406 e. The topological polar surface area (TPSA) is 147 Å². The number of rotatable bonds is 7. The summed E-state index contributed by atoms with van der Waals surface area (Å²) in [5.74, 6) is -1.25. The standard InChI is InChI=1S/C16H16N4O7/c1-9-6-12(19(22)23)14(26-3)7-11(9)18-15(21)8-27-13-5-4-10(2)17-16(13)20(24)25/h4-7H,8H2,1-3H3,(H,18,21). The van der Waals surface area contributed by atoms with Gasteiger partial charge in [-0.25, -0.2) is 0 Å². The van der Waals surface area contributed by atoms with Crippen LogP contribution in [-0.4, -0.2) is 34.5 Å². The van der Waals surface area contributed by atoms with E-state index in [0.29, 0.717) is 16.9 Å². The highest BCUT2D eigenvalue weighted by Crippen LogP contribution is 2.32. The molecule has 11 heteroatoms. The quantitative estimate of drug-likeness (QED) is 0.573. The van der Waals surface area contributed by atoms with Crippen LogP contribution in [0.5, 0.6) is 11.5 Å². The van der Waals surface area contributed by atoms with Crippen molar-refractivity contribution >= 4 is 23.1 Å². The van der Waals surface area contributed by atoms with Crippen molar-refractivity contribution in [2.24, 2.45) is 0 Å². The van der Waals surface area contributed by atoms with Crippen molar-refractivity contribution in [2.45, 2.75) is 13.8 Å². The molecule has 1 aromatic heterocycles. The molecule has 27 heavy (non-hydrogen) atoms. The van der Waals surface area contributed by atoms with Crippen molar-refractivity contribution in [3.05, 3.63) is 55.8 Å². The number of carbonyl (C=O) groups is 1. The van der Waals surface area contributed by atoms with Crippen LogP contribution in [0.25, 0.3) is 0 Å². The number of aromatic nitrogens is 1. The molecule has 0 aliphatic heterocycles. The van der Waals surface area contributed by atoms with Crippen molar-refractivity contribution < 1.29 is 24.1 Å². The summed E-state index contributed by atoms with van der Waals surface area (Å²) in [6.45, 7) is 2.66. The maximum absolute atomic E-state index is 12.1. The number of pyridine rings is 1. The van der Waals surface area contributed by atoms with Gasteiger partial charge in [0.05, 0.1) is 12.0 Å². The van der Waals surface area contributed by atoms with Crippen LogP contribution < -0.4 is 14.8 Å². The number of carbonyl (C=O) groups excluding carboxylic acids is 1. The van der Waals surface area contributed by atoms with Crippen LogP contribution in [0.15, 0.2) is 24.3 Å². The van der Waals surface area contributed by atoms with Gasteiger partial charge in [-0.2, -0.15) is 0 Å². The van der Waals surface area contributed by atoms with E-state index in [9.17, 15) is 25.0 Å². The summed E-state index contributed by atoms with van der Waals surface area (Å²) < 4.78 is 10.1. The van der Waals surface area contributed by atoms with Crippen molar-refractivity contribution in [1.29, 1.82) is 0 Å². The maximum atomic E-state index is 12.1. The normalized spacial score (nSPS) is 10.2. The highest BCUT2D eigenvalue weighted by atomic mass is 16.6. The number of nitro benzene ring substituents is 1. The zero-order valence-corrected chi connectivity index (χ0v) is 14.7. The molecule has 0 aliphatic rings. The van der Waals surface area contributed by atoms with Gasteiger partial charge in [-0.05, 0) is 34.5 Å². The number of nitrogens with zero attached hydrogens (tertiary/aromatic N) is 3. The van der Waals surface area contributed by atoms with Crippen molar-refractivity contribution in [3.8, 4) is 11.5 Å². The van der Waals surface area contributed by atoms with Gasteiger partial charge in [-0.3, -0.25) is 14.9 Å².